The van der Waals surface area contributed by atoms with E-state index in [9.17, 15) is 4.79 Å². The Kier molecular flexibility index (Phi) is 7.93. The molecule has 4 nitrogen and oxygen atoms in total. The van der Waals surface area contributed by atoms with Crippen LogP contribution in [0.3, 0.4) is 0 Å². The van der Waals surface area contributed by atoms with E-state index in [-0.39, 0.29) is 5.91 Å². The molecule has 0 saturated heterocycles. The van der Waals surface area contributed by atoms with Crippen molar-refractivity contribution in [2.45, 2.75) is 26.7 Å². The van der Waals surface area contributed by atoms with E-state index in [0.29, 0.717) is 23.5 Å². The van der Waals surface area contributed by atoms with Gasteiger partial charge in [-0.3, -0.25) is 4.79 Å². The molecule has 5 heteroatoms. The molecule has 0 saturated carbocycles. The van der Waals surface area contributed by atoms with Crippen LogP contribution in [-0.4, -0.2) is 42.0 Å². The van der Waals surface area contributed by atoms with Crippen LogP contribution >= 0.6 is 12.2 Å². The number of rotatable bonds is 9. The number of carbonyl (C=O) groups is 1. The van der Waals surface area contributed by atoms with Crippen molar-refractivity contribution in [2.24, 2.45) is 5.73 Å². The maximum Gasteiger partial charge on any atom is 0.251 e. The zero-order valence-corrected chi connectivity index (χ0v) is 13.7. The summed E-state index contributed by atoms with van der Waals surface area (Å²) in [5, 5.41) is 2.97. The fourth-order valence-corrected chi connectivity index (χ4v) is 2.38. The summed E-state index contributed by atoms with van der Waals surface area (Å²) in [4.78, 5) is 15.0. The van der Waals surface area contributed by atoms with E-state index in [0.717, 1.165) is 31.6 Å². The van der Waals surface area contributed by atoms with Crippen molar-refractivity contribution < 1.29 is 4.79 Å². The Hall–Kier alpha value is -1.46. The molecule has 0 heterocycles. The van der Waals surface area contributed by atoms with Crippen LogP contribution in [0.25, 0.3) is 0 Å². The van der Waals surface area contributed by atoms with Gasteiger partial charge in [0, 0.05) is 18.5 Å². The van der Waals surface area contributed by atoms with Crippen molar-refractivity contribution in [1.82, 2.24) is 10.2 Å². The molecule has 0 bridgehead atoms. The zero-order valence-electron chi connectivity index (χ0n) is 12.9. The standard InChI is InChI=1S/C16H25N3OS/c1-3-19(4-2)11-7-10-18-16(20)14-9-6-5-8-13(14)12-15(17)21/h5-6,8-9H,3-4,7,10-12H2,1-2H3,(H2,17,21)(H,18,20). The van der Waals surface area contributed by atoms with Gasteiger partial charge < -0.3 is 16.0 Å². The minimum absolute atomic E-state index is 0.0543. The normalized spacial score (nSPS) is 10.6. The number of nitrogens with zero attached hydrogens (tertiary/aromatic N) is 1. The van der Waals surface area contributed by atoms with Gasteiger partial charge in [-0.2, -0.15) is 0 Å². The number of benzene rings is 1. The van der Waals surface area contributed by atoms with Crippen LogP contribution in [0.1, 0.15) is 36.2 Å². The maximum absolute atomic E-state index is 12.2. The molecule has 21 heavy (non-hydrogen) atoms. The minimum atomic E-state index is -0.0543. The summed E-state index contributed by atoms with van der Waals surface area (Å²) in [6, 6.07) is 7.45. The Morgan fingerprint density at radius 2 is 1.95 bits per heavy atom. The van der Waals surface area contributed by atoms with E-state index < -0.39 is 0 Å². The Balaban J connectivity index is 2.50. The molecule has 0 aromatic heterocycles. The Bertz CT molecular complexity index is 472. The number of nitrogens with one attached hydrogen (secondary N) is 1. The van der Waals surface area contributed by atoms with Crippen LogP contribution in [-0.2, 0) is 6.42 Å². The average molecular weight is 307 g/mol. The largest absolute Gasteiger partial charge is 0.393 e. The SMILES string of the molecule is CCN(CC)CCCNC(=O)c1ccccc1CC(N)=S. The molecule has 0 atom stereocenters. The molecule has 1 rings (SSSR count). The third-order valence-corrected chi connectivity index (χ3v) is 3.60. The smallest absolute Gasteiger partial charge is 0.251 e. The third kappa shape index (κ3) is 6.23. The van der Waals surface area contributed by atoms with E-state index in [1.54, 1.807) is 0 Å². The lowest BCUT2D eigenvalue weighted by atomic mass is 10.0. The molecule has 3 N–H and O–H groups in total. The quantitative estimate of drug-likeness (QED) is 0.541. The highest BCUT2D eigenvalue weighted by Crippen LogP contribution is 2.09. The van der Waals surface area contributed by atoms with Gasteiger partial charge in [-0.1, -0.05) is 44.3 Å². The molecular weight excluding hydrogens is 282 g/mol. The molecule has 0 spiro atoms. The molecule has 1 aromatic rings. The highest BCUT2D eigenvalue weighted by atomic mass is 32.1. The average Bonchev–Trinajstić information content (AvgIpc) is 2.47. The molecule has 0 aliphatic carbocycles. The van der Waals surface area contributed by atoms with Crippen molar-refractivity contribution >= 4 is 23.1 Å². The van der Waals surface area contributed by atoms with Crippen LogP contribution < -0.4 is 11.1 Å². The predicted molar refractivity (Wildman–Crippen MR) is 91.7 cm³/mol. The molecule has 0 unspecified atom stereocenters. The van der Waals surface area contributed by atoms with Crippen LogP contribution in [0, 0.1) is 0 Å². The topological polar surface area (TPSA) is 58.4 Å². The molecule has 0 fully saturated rings. The van der Waals surface area contributed by atoms with Gasteiger partial charge in [-0.15, -0.1) is 0 Å². The molecule has 116 valence electrons. The van der Waals surface area contributed by atoms with Gasteiger partial charge in [0.25, 0.3) is 5.91 Å². The lowest BCUT2D eigenvalue weighted by Gasteiger charge is -2.17. The van der Waals surface area contributed by atoms with E-state index in [1.807, 2.05) is 24.3 Å². The minimum Gasteiger partial charge on any atom is -0.393 e. The van der Waals surface area contributed by atoms with Gasteiger partial charge in [0.05, 0.1) is 4.99 Å². The van der Waals surface area contributed by atoms with Crippen molar-refractivity contribution in [1.29, 1.82) is 0 Å². The molecule has 0 aliphatic rings. The van der Waals surface area contributed by atoms with Gasteiger partial charge in [0.15, 0.2) is 0 Å². The van der Waals surface area contributed by atoms with E-state index in [4.69, 9.17) is 18.0 Å². The highest BCUT2D eigenvalue weighted by molar-refractivity contribution is 7.80. The first-order chi connectivity index (χ1) is 10.1. The second-order valence-electron chi connectivity index (χ2n) is 4.94. The third-order valence-electron chi connectivity index (χ3n) is 3.46. The van der Waals surface area contributed by atoms with E-state index in [2.05, 4.69) is 24.1 Å². The van der Waals surface area contributed by atoms with Crippen LogP contribution in [0.15, 0.2) is 24.3 Å². The molecule has 0 radical (unpaired) electrons. The Morgan fingerprint density at radius 1 is 1.29 bits per heavy atom. The van der Waals surface area contributed by atoms with Gasteiger partial charge >= 0.3 is 0 Å². The van der Waals surface area contributed by atoms with Crippen molar-refractivity contribution in [3.8, 4) is 0 Å². The molecular formula is C16H25N3OS. The summed E-state index contributed by atoms with van der Waals surface area (Å²) < 4.78 is 0. The number of carbonyl (C=O) groups excluding carboxylic acids is 1. The maximum atomic E-state index is 12.2. The van der Waals surface area contributed by atoms with E-state index in [1.165, 1.54) is 0 Å². The second-order valence-corrected chi connectivity index (χ2v) is 5.46. The Labute approximate surface area is 132 Å². The van der Waals surface area contributed by atoms with Gasteiger partial charge in [-0.05, 0) is 37.7 Å². The van der Waals surface area contributed by atoms with Crippen LogP contribution in [0.2, 0.25) is 0 Å². The molecule has 1 aromatic carbocycles. The first-order valence-corrected chi connectivity index (χ1v) is 7.86. The Morgan fingerprint density at radius 3 is 2.57 bits per heavy atom. The summed E-state index contributed by atoms with van der Waals surface area (Å²) in [6.45, 7) is 8.06. The first kappa shape index (κ1) is 17.6. The highest BCUT2D eigenvalue weighted by Gasteiger charge is 2.11. The summed E-state index contributed by atoms with van der Waals surface area (Å²) in [7, 11) is 0. The van der Waals surface area contributed by atoms with Gasteiger partial charge in [-0.25, -0.2) is 0 Å². The monoisotopic (exact) mass is 307 g/mol. The fourth-order valence-electron chi connectivity index (χ4n) is 2.22. The summed E-state index contributed by atoms with van der Waals surface area (Å²) in [5.74, 6) is -0.0543. The number of hydrogen-bond acceptors (Lipinski definition) is 3. The lowest BCUT2D eigenvalue weighted by Crippen LogP contribution is -2.30. The van der Waals surface area contributed by atoms with Crippen molar-refractivity contribution in [2.75, 3.05) is 26.2 Å². The van der Waals surface area contributed by atoms with Crippen molar-refractivity contribution in [3.05, 3.63) is 35.4 Å². The van der Waals surface area contributed by atoms with Crippen LogP contribution in [0.4, 0.5) is 0 Å². The summed E-state index contributed by atoms with van der Waals surface area (Å²) in [6.07, 6.45) is 1.41. The van der Waals surface area contributed by atoms with Crippen LogP contribution in [0.5, 0.6) is 0 Å². The fraction of sp³-hybridized carbons (Fsp3) is 0.500. The molecule has 0 aliphatic heterocycles. The van der Waals surface area contributed by atoms with Gasteiger partial charge in [0.2, 0.25) is 0 Å². The summed E-state index contributed by atoms with van der Waals surface area (Å²) >= 11 is 4.93. The number of hydrogen-bond donors (Lipinski definition) is 2. The van der Waals surface area contributed by atoms with E-state index >= 15 is 0 Å². The summed E-state index contributed by atoms with van der Waals surface area (Å²) in [5.41, 5.74) is 7.11. The number of nitrogens with two attached hydrogens (primary N) is 1. The second kappa shape index (κ2) is 9.47. The first-order valence-electron chi connectivity index (χ1n) is 7.45. The lowest BCUT2D eigenvalue weighted by molar-refractivity contribution is 0.0951. The zero-order chi connectivity index (χ0) is 15.7. The van der Waals surface area contributed by atoms with Gasteiger partial charge in [0.1, 0.15) is 0 Å². The number of thiocarbonyl (C=S) groups is 1. The predicted octanol–water partition coefficient (Wildman–Crippen LogP) is 1.98. The number of amides is 1. The van der Waals surface area contributed by atoms with Crippen molar-refractivity contribution in [3.63, 3.8) is 0 Å². The molecule has 1 amide bonds.